The number of carbonyl (C=O) groups excluding carboxylic acids is 1. The predicted molar refractivity (Wildman–Crippen MR) is 75.9 cm³/mol. The van der Waals surface area contributed by atoms with Crippen molar-refractivity contribution in [3.63, 3.8) is 0 Å². The topological polar surface area (TPSA) is 123 Å². The summed E-state index contributed by atoms with van der Waals surface area (Å²) in [6.45, 7) is -0.541. The van der Waals surface area contributed by atoms with Gasteiger partial charge >= 0.3 is 12.2 Å². The lowest BCUT2D eigenvalue weighted by molar-refractivity contribution is -0.125. The third-order valence-corrected chi connectivity index (χ3v) is 2.88. The molecule has 0 saturated carbocycles. The fourth-order valence-electron chi connectivity index (χ4n) is 1.89. The van der Waals surface area contributed by atoms with Gasteiger partial charge in [-0.2, -0.15) is 10.2 Å². The Morgan fingerprint density at radius 1 is 1.14 bits per heavy atom. The van der Waals surface area contributed by atoms with Crippen molar-refractivity contribution in [2.45, 2.75) is 6.17 Å². The number of carboxylic acid groups (broad SMARTS) is 2. The van der Waals surface area contributed by atoms with E-state index in [2.05, 4.69) is 10.2 Å². The standard InChI is InChI=1S/C13H12N4O5/c18-11-8-16(12(19)20)10(17(11)13(21)22)7-15-14-6-9-4-2-1-3-5-9/h1-7,10H,8H2,(H,19,20)(H,21,22). The van der Waals surface area contributed by atoms with E-state index in [1.54, 1.807) is 24.3 Å². The van der Waals surface area contributed by atoms with Gasteiger partial charge in [-0.1, -0.05) is 30.3 Å². The van der Waals surface area contributed by atoms with E-state index in [9.17, 15) is 14.4 Å². The summed E-state index contributed by atoms with van der Waals surface area (Å²) in [4.78, 5) is 34.7. The Hall–Kier alpha value is -3.23. The minimum Gasteiger partial charge on any atom is -0.465 e. The van der Waals surface area contributed by atoms with E-state index in [0.717, 1.165) is 11.8 Å². The number of amides is 3. The molecule has 1 fully saturated rings. The van der Waals surface area contributed by atoms with Crippen molar-refractivity contribution >= 4 is 30.5 Å². The van der Waals surface area contributed by atoms with Crippen LogP contribution in [0.15, 0.2) is 40.5 Å². The highest BCUT2D eigenvalue weighted by Crippen LogP contribution is 2.15. The van der Waals surface area contributed by atoms with Crippen LogP contribution in [0, 0.1) is 0 Å². The van der Waals surface area contributed by atoms with Gasteiger partial charge in [-0.05, 0) is 5.56 Å². The highest BCUT2D eigenvalue weighted by Gasteiger charge is 2.43. The van der Waals surface area contributed by atoms with Crippen molar-refractivity contribution in [3.8, 4) is 0 Å². The molecule has 1 aromatic rings. The molecule has 1 atom stereocenters. The number of benzene rings is 1. The minimum absolute atomic E-state index is 0.398. The van der Waals surface area contributed by atoms with Crippen LogP contribution in [-0.2, 0) is 4.79 Å². The Kier molecular flexibility index (Phi) is 4.47. The molecule has 1 saturated heterocycles. The molecule has 0 aliphatic carbocycles. The highest BCUT2D eigenvalue weighted by atomic mass is 16.4. The zero-order valence-electron chi connectivity index (χ0n) is 11.2. The molecule has 9 heteroatoms. The number of hydrogen-bond acceptors (Lipinski definition) is 5. The van der Waals surface area contributed by atoms with Gasteiger partial charge in [-0.25, -0.2) is 14.5 Å². The first-order valence-electron chi connectivity index (χ1n) is 6.17. The molecule has 0 bridgehead atoms. The number of hydrogen-bond donors (Lipinski definition) is 2. The highest BCUT2D eigenvalue weighted by molar-refractivity contribution is 6.00. The van der Waals surface area contributed by atoms with Crippen molar-refractivity contribution in [2.75, 3.05) is 6.54 Å². The lowest BCUT2D eigenvalue weighted by Gasteiger charge is -2.20. The van der Waals surface area contributed by atoms with Gasteiger partial charge < -0.3 is 10.2 Å². The van der Waals surface area contributed by atoms with Gasteiger partial charge in [-0.3, -0.25) is 9.69 Å². The van der Waals surface area contributed by atoms with E-state index in [1.807, 2.05) is 6.07 Å². The maximum atomic E-state index is 11.5. The van der Waals surface area contributed by atoms with Crippen LogP contribution in [0.1, 0.15) is 5.56 Å². The summed E-state index contributed by atoms with van der Waals surface area (Å²) in [5, 5.41) is 25.3. The molecule has 22 heavy (non-hydrogen) atoms. The van der Waals surface area contributed by atoms with Crippen molar-refractivity contribution in [1.82, 2.24) is 9.80 Å². The van der Waals surface area contributed by atoms with E-state index in [1.165, 1.54) is 6.21 Å². The largest absolute Gasteiger partial charge is 0.465 e. The Morgan fingerprint density at radius 3 is 2.41 bits per heavy atom. The van der Waals surface area contributed by atoms with Crippen LogP contribution >= 0.6 is 0 Å². The lowest BCUT2D eigenvalue weighted by Crippen LogP contribution is -2.45. The summed E-state index contributed by atoms with van der Waals surface area (Å²) in [5.74, 6) is -0.835. The van der Waals surface area contributed by atoms with Crippen LogP contribution in [0.25, 0.3) is 0 Å². The van der Waals surface area contributed by atoms with Crippen LogP contribution in [0.4, 0.5) is 9.59 Å². The second-order valence-electron chi connectivity index (χ2n) is 4.29. The Morgan fingerprint density at radius 2 is 1.82 bits per heavy atom. The second kappa shape index (κ2) is 6.48. The molecule has 9 nitrogen and oxygen atoms in total. The molecule has 1 aliphatic heterocycles. The molecule has 2 N–H and O–H groups in total. The Labute approximate surface area is 124 Å². The third-order valence-electron chi connectivity index (χ3n) is 2.88. The smallest absolute Gasteiger partial charge is 0.416 e. The molecular weight excluding hydrogens is 292 g/mol. The van der Waals surface area contributed by atoms with Gasteiger partial charge in [0.15, 0.2) is 6.17 Å². The first-order valence-corrected chi connectivity index (χ1v) is 6.17. The van der Waals surface area contributed by atoms with Gasteiger partial charge in [0.05, 0.1) is 12.4 Å². The predicted octanol–water partition coefficient (Wildman–Crippen LogP) is 0.918. The van der Waals surface area contributed by atoms with Crippen LogP contribution in [-0.4, -0.2) is 63.2 Å². The summed E-state index contributed by atoms with van der Waals surface area (Å²) in [6.07, 6.45) is -1.87. The fourth-order valence-corrected chi connectivity index (χ4v) is 1.89. The molecule has 0 radical (unpaired) electrons. The maximum absolute atomic E-state index is 11.5. The van der Waals surface area contributed by atoms with Crippen LogP contribution < -0.4 is 0 Å². The summed E-state index contributed by atoms with van der Waals surface area (Å²) < 4.78 is 0. The number of nitrogens with zero attached hydrogens (tertiary/aromatic N) is 4. The van der Waals surface area contributed by atoms with Crippen molar-refractivity contribution in [3.05, 3.63) is 35.9 Å². The molecular formula is C13H12N4O5. The Bertz CT molecular complexity index is 643. The second-order valence-corrected chi connectivity index (χ2v) is 4.29. The van der Waals surface area contributed by atoms with E-state index >= 15 is 0 Å². The number of imide groups is 1. The monoisotopic (exact) mass is 304 g/mol. The lowest BCUT2D eigenvalue weighted by atomic mass is 10.2. The molecule has 1 aromatic carbocycles. The SMILES string of the molecule is O=C(O)N1CC(=O)N(C(=O)O)C1C=NN=Cc1ccccc1. The first kappa shape index (κ1) is 15.2. The molecule has 1 unspecified atom stereocenters. The normalized spacial score (nSPS) is 18.5. The fraction of sp³-hybridized carbons (Fsp3) is 0.154. The van der Waals surface area contributed by atoms with Crippen molar-refractivity contribution < 1.29 is 24.6 Å². The van der Waals surface area contributed by atoms with Gasteiger partial charge in [0, 0.05) is 0 Å². The average molecular weight is 304 g/mol. The first-order chi connectivity index (χ1) is 10.5. The van der Waals surface area contributed by atoms with E-state index < -0.39 is 30.8 Å². The van der Waals surface area contributed by atoms with Gasteiger partial charge in [-0.15, -0.1) is 0 Å². The van der Waals surface area contributed by atoms with Crippen molar-refractivity contribution in [1.29, 1.82) is 0 Å². The van der Waals surface area contributed by atoms with Crippen LogP contribution in [0.3, 0.4) is 0 Å². The average Bonchev–Trinajstić information content (AvgIpc) is 2.82. The zero-order valence-corrected chi connectivity index (χ0v) is 11.2. The van der Waals surface area contributed by atoms with Gasteiger partial charge in [0.2, 0.25) is 0 Å². The summed E-state index contributed by atoms with van der Waals surface area (Å²) in [5.41, 5.74) is 0.771. The van der Waals surface area contributed by atoms with E-state index in [-0.39, 0.29) is 0 Å². The number of carbonyl (C=O) groups is 3. The summed E-state index contributed by atoms with van der Waals surface area (Å²) in [6, 6.07) is 9.01. The summed E-state index contributed by atoms with van der Waals surface area (Å²) >= 11 is 0. The molecule has 114 valence electrons. The molecule has 1 aliphatic rings. The molecule has 3 amide bonds. The van der Waals surface area contributed by atoms with Gasteiger partial charge in [0.1, 0.15) is 6.54 Å². The third kappa shape index (κ3) is 3.26. The van der Waals surface area contributed by atoms with Crippen LogP contribution in [0.2, 0.25) is 0 Å². The number of rotatable bonds is 3. The summed E-state index contributed by atoms with van der Waals surface area (Å²) in [7, 11) is 0. The Balaban J connectivity index is 2.14. The van der Waals surface area contributed by atoms with E-state index in [4.69, 9.17) is 10.2 Å². The van der Waals surface area contributed by atoms with E-state index in [0.29, 0.717) is 9.80 Å². The van der Waals surface area contributed by atoms with Gasteiger partial charge in [0.25, 0.3) is 5.91 Å². The molecule has 2 rings (SSSR count). The van der Waals surface area contributed by atoms with Crippen LogP contribution in [0.5, 0.6) is 0 Å². The maximum Gasteiger partial charge on any atom is 0.416 e. The molecule has 0 spiro atoms. The van der Waals surface area contributed by atoms with Crippen molar-refractivity contribution in [2.24, 2.45) is 10.2 Å². The zero-order chi connectivity index (χ0) is 16.1. The molecule has 1 heterocycles. The quantitative estimate of drug-likeness (QED) is 0.635. The minimum atomic E-state index is -1.54. The molecule has 0 aromatic heterocycles.